The van der Waals surface area contributed by atoms with E-state index in [0.29, 0.717) is 10.9 Å². The van der Waals surface area contributed by atoms with Gasteiger partial charge in [0, 0.05) is 28.4 Å². The van der Waals surface area contributed by atoms with Crippen LogP contribution >= 0.6 is 11.6 Å². The van der Waals surface area contributed by atoms with Crippen LogP contribution in [0.2, 0.25) is 5.02 Å². The quantitative estimate of drug-likeness (QED) is 0.329. The SMILES string of the molecule is Cc1ccc(-c2[nH]c3ccc(C)cc3c2-c2oc(C)nc2-c2ccc(Cl)cc2)cc1. The van der Waals surface area contributed by atoms with Crippen LogP contribution in [0.4, 0.5) is 0 Å². The molecular formula is C26H21ClN2O. The van der Waals surface area contributed by atoms with Gasteiger partial charge in [-0.2, -0.15) is 0 Å². The molecule has 0 atom stereocenters. The third kappa shape index (κ3) is 3.21. The number of oxazole rings is 1. The number of aromatic amines is 1. The average molecular weight is 413 g/mol. The summed E-state index contributed by atoms with van der Waals surface area (Å²) in [5.41, 5.74) is 8.46. The predicted octanol–water partition coefficient (Wildman–Crippen LogP) is 7.74. The van der Waals surface area contributed by atoms with Gasteiger partial charge in [-0.25, -0.2) is 4.98 Å². The van der Waals surface area contributed by atoms with Crippen LogP contribution in [0.1, 0.15) is 17.0 Å². The Labute approximate surface area is 180 Å². The van der Waals surface area contributed by atoms with Crippen molar-refractivity contribution in [2.75, 3.05) is 0 Å². The summed E-state index contributed by atoms with van der Waals surface area (Å²) in [6.45, 7) is 6.08. The van der Waals surface area contributed by atoms with Gasteiger partial charge in [0.05, 0.1) is 11.3 Å². The normalized spacial score (nSPS) is 11.3. The summed E-state index contributed by atoms with van der Waals surface area (Å²) in [5, 5.41) is 1.82. The Hall–Kier alpha value is -3.30. The lowest BCUT2D eigenvalue weighted by Gasteiger charge is -2.06. The molecule has 0 aliphatic carbocycles. The summed E-state index contributed by atoms with van der Waals surface area (Å²) in [7, 11) is 0. The van der Waals surface area contributed by atoms with Crippen LogP contribution in [0.15, 0.2) is 71.1 Å². The molecule has 4 heteroatoms. The lowest BCUT2D eigenvalue weighted by Crippen LogP contribution is -1.86. The number of halogens is 1. The minimum absolute atomic E-state index is 0.631. The molecule has 3 nitrogen and oxygen atoms in total. The van der Waals surface area contributed by atoms with E-state index < -0.39 is 0 Å². The van der Waals surface area contributed by atoms with Gasteiger partial charge in [0.15, 0.2) is 11.7 Å². The largest absolute Gasteiger partial charge is 0.440 e. The average Bonchev–Trinajstić information content (AvgIpc) is 3.29. The monoisotopic (exact) mass is 412 g/mol. The van der Waals surface area contributed by atoms with Crippen molar-refractivity contribution >= 4 is 22.5 Å². The summed E-state index contributed by atoms with van der Waals surface area (Å²) < 4.78 is 6.21. The van der Waals surface area contributed by atoms with E-state index in [1.807, 2.05) is 31.2 Å². The smallest absolute Gasteiger partial charge is 0.192 e. The molecule has 5 aromatic rings. The fraction of sp³-hybridized carbons (Fsp3) is 0.115. The van der Waals surface area contributed by atoms with Gasteiger partial charge in [-0.1, -0.05) is 65.2 Å². The first-order valence-electron chi connectivity index (χ1n) is 9.93. The third-order valence-electron chi connectivity index (χ3n) is 5.37. The molecule has 0 radical (unpaired) electrons. The molecule has 0 aliphatic heterocycles. The van der Waals surface area contributed by atoms with Crippen molar-refractivity contribution in [1.29, 1.82) is 0 Å². The van der Waals surface area contributed by atoms with Crippen molar-refractivity contribution in [2.24, 2.45) is 0 Å². The first-order valence-corrected chi connectivity index (χ1v) is 10.3. The lowest BCUT2D eigenvalue weighted by atomic mass is 9.98. The van der Waals surface area contributed by atoms with Gasteiger partial charge in [0.25, 0.3) is 0 Å². The zero-order chi connectivity index (χ0) is 20.8. The van der Waals surface area contributed by atoms with E-state index in [9.17, 15) is 0 Å². The van der Waals surface area contributed by atoms with E-state index in [2.05, 4.69) is 61.3 Å². The fourth-order valence-corrected chi connectivity index (χ4v) is 4.00. The number of hydrogen-bond donors (Lipinski definition) is 1. The maximum Gasteiger partial charge on any atom is 0.192 e. The van der Waals surface area contributed by atoms with Gasteiger partial charge in [0.2, 0.25) is 0 Å². The molecule has 0 spiro atoms. The summed E-state index contributed by atoms with van der Waals surface area (Å²) >= 11 is 6.11. The Bertz CT molecular complexity index is 1360. The standard InChI is InChI=1S/C26H21ClN2O/c1-15-4-7-18(8-5-15)24-23(21-14-16(2)6-13-22(21)29-24)26-25(28-17(3)30-26)19-9-11-20(27)12-10-19/h4-14,29H,1-3H3. The van der Waals surface area contributed by atoms with Gasteiger partial charge in [-0.05, 0) is 43.7 Å². The van der Waals surface area contributed by atoms with Gasteiger partial charge < -0.3 is 9.40 Å². The van der Waals surface area contributed by atoms with Crippen LogP contribution in [-0.2, 0) is 0 Å². The van der Waals surface area contributed by atoms with Crippen molar-refractivity contribution < 1.29 is 4.42 Å². The second kappa shape index (κ2) is 7.19. The third-order valence-corrected chi connectivity index (χ3v) is 5.63. The summed E-state index contributed by atoms with van der Waals surface area (Å²) in [4.78, 5) is 8.33. The fourth-order valence-electron chi connectivity index (χ4n) is 3.88. The topological polar surface area (TPSA) is 41.8 Å². The first-order chi connectivity index (χ1) is 14.5. The molecule has 0 bridgehead atoms. The Morgan fingerprint density at radius 1 is 0.800 bits per heavy atom. The molecule has 3 aromatic carbocycles. The highest BCUT2D eigenvalue weighted by Crippen LogP contribution is 2.43. The number of aryl methyl sites for hydroxylation is 3. The molecule has 0 fully saturated rings. The molecule has 0 unspecified atom stereocenters. The van der Waals surface area contributed by atoms with Gasteiger partial charge in [-0.15, -0.1) is 0 Å². The van der Waals surface area contributed by atoms with Crippen LogP contribution in [-0.4, -0.2) is 9.97 Å². The first kappa shape index (κ1) is 18.7. The number of rotatable bonds is 3. The second-order valence-corrected chi connectivity index (χ2v) is 8.14. The Morgan fingerprint density at radius 2 is 1.47 bits per heavy atom. The number of hydrogen-bond acceptors (Lipinski definition) is 2. The van der Waals surface area contributed by atoms with Gasteiger partial charge in [0.1, 0.15) is 5.69 Å². The van der Waals surface area contributed by atoms with Crippen molar-refractivity contribution in [3.63, 3.8) is 0 Å². The molecule has 0 amide bonds. The molecule has 0 aliphatic rings. The summed E-state index contributed by atoms with van der Waals surface area (Å²) in [6, 6.07) is 22.7. The van der Waals surface area contributed by atoms with E-state index in [1.165, 1.54) is 11.1 Å². The van der Waals surface area contributed by atoms with E-state index in [0.717, 1.165) is 44.7 Å². The molecule has 5 rings (SSSR count). The molecule has 0 saturated carbocycles. The van der Waals surface area contributed by atoms with Crippen LogP contribution < -0.4 is 0 Å². The second-order valence-electron chi connectivity index (χ2n) is 7.71. The number of nitrogens with zero attached hydrogens (tertiary/aromatic N) is 1. The van der Waals surface area contributed by atoms with E-state index in [-0.39, 0.29) is 0 Å². The van der Waals surface area contributed by atoms with Crippen LogP contribution in [0.5, 0.6) is 0 Å². The minimum atomic E-state index is 0.631. The van der Waals surface area contributed by atoms with Gasteiger partial charge >= 0.3 is 0 Å². The minimum Gasteiger partial charge on any atom is -0.440 e. The molecule has 2 heterocycles. The van der Waals surface area contributed by atoms with E-state index in [4.69, 9.17) is 21.0 Å². The number of nitrogens with one attached hydrogen (secondary N) is 1. The highest BCUT2D eigenvalue weighted by molar-refractivity contribution is 6.30. The van der Waals surface area contributed by atoms with Crippen molar-refractivity contribution in [2.45, 2.75) is 20.8 Å². The Morgan fingerprint density at radius 3 is 2.20 bits per heavy atom. The van der Waals surface area contributed by atoms with Crippen LogP contribution in [0.25, 0.3) is 44.7 Å². The van der Waals surface area contributed by atoms with Crippen LogP contribution in [0.3, 0.4) is 0 Å². The molecule has 0 saturated heterocycles. The van der Waals surface area contributed by atoms with Gasteiger partial charge in [-0.3, -0.25) is 0 Å². The van der Waals surface area contributed by atoms with E-state index in [1.54, 1.807) is 0 Å². The predicted molar refractivity (Wildman–Crippen MR) is 124 cm³/mol. The van der Waals surface area contributed by atoms with Crippen molar-refractivity contribution in [1.82, 2.24) is 9.97 Å². The van der Waals surface area contributed by atoms with Crippen molar-refractivity contribution in [3.05, 3.63) is 88.8 Å². The number of fused-ring (bicyclic) bond motifs is 1. The highest BCUT2D eigenvalue weighted by atomic mass is 35.5. The summed E-state index contributed by atoms with van der Waals surface area (Å²) in [5.74, 6) is 1.40. The maximum absolute atomic E-state index is 6.21. The van der Waals surface area contributed by atoms with E-state index >= 15 is 0 Å². The molecular weight excluding hydrogens is 392 g/mol. The zero-order valence-corrected chi connectivity index (χ0v) is 17.8. The number of H-pyrrole nitrogens is 1. The Kier molecular flexibility index (Phi) is 4.48. The lowest BCUT2D eigenvalue weighted by molar-refractivity contribution is 0.535. The van der Waals surface area contributed by atoms with Crippen molar-refractivity contribution in [3.8, 4) is 33.8 Å². The zero-order valence-electron chi connectivity index (χ0n) is 17.1. The van der Waals surface area contributed by atoms with Crippen LogP contribution in [0, 0.1) is 20.8 Å². The number of aromatic nitrogens is 2. The molecule has 1 N–H and O–H groups in total. The molecule has 2 aromatic heterocycles. The highest BCUT2D eigenvalue weighted by Gasteiger charge is 2.23. The summed E-state index contributed by atoms with van der Waals surface area (Å²) in [6.07, 6.45) is 0. The maximum atomic E-state index is 6.21. The molecule has 30 heavy (non-hydrogen) atoms. The molecule has 148 valence electrons. The Balaban J connectivity index is 1.83. The number of benzene rings is 3.